The van der Waals surface area contributed by atoms with Crippen molar-refractivity contribution in [3.8, 4) is 5.69 Å². The highest BCUT2D eigenvalue weighted by atomic mass is 19.1. The number of aromatic nitrogens is 2. The minimum absolute atomic E-state index is 0.236. The van der Waals surface area contributed by atoms with Crippen LogP contribution < -0.4 is 0 Å². The third-order valence-corrected chi connectivity index (χ3v) is 2.22. The Balaban J connectivity index is 2.29. The first-order valence-electron chi connectivity index (χ1n) is 5.10. The molecule has 0 aliphatic heterocycles. The van der Waals surface area contributed by atoms with Gasteiger partial charge in [-0.05, 0) is 30.7 Å². The van der Waals surface area contributed by atoms with Crippen LogP contribution >= 0.6 is 0 Å². The molecule has 0 spiro atoms. The maximum atomic E-state index is 13.0. The molecule has 0 bridgehead atoms. The normalized spacial score (nSPS) is 10.5. The minimum atomic E-state index is -0.236. The van der Waals surface area contributed by atoms with Gasteiger partial charge in [0.1, 0.15) is 5.82 Å². The van der Waals surface area contributed by atoms with Crippen molar-refractivity contribution in [2.75, 3.05) is 0 Å². The summed E-state index contributed by atoms with van der Waals surface area (Å²) in [4.78, 5) is 0. The zero-order valence-corrected chi connectivity index (χ0v) is 8.65. The summed E-state index contributed by atoms with van der Waals surface area (Å²) in [6.45, 7) is 2.11. The average Bonchev–Trinajstić information content (AvgIpc) is 2.67. The SMILES string of the molecule is CCCc1ccn(-c2cccc(F)c2)n1. The Morgan fingerprint density at radius 1 is 1.33 bits per heavy atom. The van der Waals surface area contributed by atoms with Gasteiger partial charge in [-0.15, -0.1) is 0 Å². The zero-order chi connectivity index (χ0) is 10.7. The second-order valence-electron chi connectivity index (χ2n) is 3.48. The maximum absolute atomic E-state index is 13.0. The van der Waals surface area contributed by atoms with Gasteiger partial charge in [-0.2, -0.15) is 5.10 Å². The summed E-state index contributed by atoms with van der Waals surface area (Å²) in [6.07, 6.45) is 3.89. The molecule has 0 saturated heterocycles. The van der Waals surface area contributed by atoms with Crippen LogP contribution in [0.2, 0.25) is 0 Å². The van der Waals surface area contributed by atoms with E-state index in [-0.39, 0.29) is 5.82 Å². The standard InChI is InChI=1S/C12H13FN2/c1-2-4-11-7-8-15(14-11)12-6-3-5-10(13)9-12/h3,5-9H,2,4H2,1H3. The van der Waals surface area contributed by atoms with Gasteiger partial charge in [-0.25, -0.2) is 9.07 Å². The molecule has 1 heterocycles. The Kier molecular flexibility index (Phi) is 2.81. The van der Waals surface area contributed by atoms with Crippen molar-refractivity contribution in [1.82, 2.24) is 9.78 Å². The van der Waals surface area contributed by atoms with E-state index in [4.69, 9.17) is 0 Å². The summed E-state index contributed by atoms with van der Waals surface area (Å²) in [5.74, 6) is -0.236. The van der Waals surface area contributed by atoms with Crippen LogP contribution in [0.4, 0.5) is 4.39 Å². The predicted octanol–water partition coefficient (Wildman–Crippen LogP) is 2.96. The lowest BCUT2D eigenvalue weighted by Gasteiger charge is -2.00. The molecule has 0 unspecified atom stereocenters. The smallest absolute Gasteiger partial charge is 0.125 e. The summed E-state index contributed by atoms with van der Waals surface area (Å²) < 4.78 is 14.7. The van der Waals surface area contributed by atoms with Crippen molar-refractivity contribution in [3.05, 3.63) is 48.0 Å². The number of hydrogen-bond acceptors (Lipinski definition) is 1. The Morgan fingerprint density at radius 3 is 2.93 bits per heavy atom. The zero-order valence-electron chi connectivity index (χ0n) is 8.65. The highest BCUT2D eigenvalue weighted by molar-refractivity contribution is 5.31. The molecule has 2 rings (SSSR count). The Bertz CT molecular complexity index is 448. The van der Waals surface area contributed by atoms with Crippen molar-refractivity contribution in [3.63, 3.8) is 0 Å². The summed E-state index contributed by atoms with van der Waals surface area (Å²) in [7, 11) is 0. The van der Waals surface area contributed by atoms with Crippen LogP contribution in [0.15, 0.2) is 36.5 Å². The number of aryl methyl sites for hydroxylation is 1. The maximum Gasteiger partial charge on any atom is 0.125 e. The van der Waals surface area contributed by atoms with Crippen LogP contribution in [-0.4, -0.2) is 9.78 Å². The van der Waals surface area contributed by atoms with Gasteiger partial charge < -0.3 is 0 Å². The molecule has 0 amide bonds. The van der Waals surface area contributed by atoms with Crippen LogP contribution in [0.3, 0.4) is 0 Å². The van der Waals surface area contributed by atoms with E-state index in [9.17, 15) is 4.39 Å². The van der Waals surface area contributed by atoms with Crippen molar-refractivity contribution in [2.45, 2.75) is 19.8 Å². The quantitative estimate of drug-likeness (QED) is 0.751. The monoisotopic (exact) mass is 204 g/mol. The van der Waals surface area contributed by atoms with Gasteiger partial charge >= 0.3 is 0 Å². The van der Waals surface area contributed by atoms with Gasteiger partial charge in [-0.1, -0.05) is 19.4 Å². The van der Waals surface area contributed by atoms with E-state index in [1.54, 1.807) is 10.7 Å². The van der Waals surface area contributed by atoms with E-state index < -0.39 is 0 Å². The van der Waals surface area contributed by atoms with E-state index in [0.717, 1.165) is 24.2 Å². The van der Waals surface area contributed by atoms with E-state index >= 15 is 0 Å². The first-order valence-corrected chi connectivity index (χ1v) is 5.10. The fourth-order valence-electron chi connectivity index (χ4n) is 1.51. The molecule has 0 aliphatic rings. The van der Waals surface area contributed by atoms with Crippen molar-refractivity contribution >= 4 is 0 Å². The number of rotatable bonds is 3. The number of benzene rings is 1. The van der Waals surface area contributed by atoms with Crippen LogP contribution in [0.25, 0.3) is 5.69 Å². The lowest BCUT2D eigenvalue weighted by Crippen LogP contribution is -1.96. The molecule has 2 aromatic rings. The Morgan fingerprint density at radius 2 is 2.20 bits per heavy atom. The summed E-state index contributed by atoms with van der Waals surface area (Å²) >= 11 is 0. The summed E-state index contributed by atoms with van der Waals surface area (Å²) in [5.41, 5.74) is 1.80. The molecular weight excluding hydrogens is 191 g/mol. The molecule has 78 valence electrons. The first kappa shape index (κ1) is 9.90. The van der Waals surface area contributed by atoms with Crippen molar-refractivity contribution < 1.29 is 4.39 Å². The molecular formula is C12H13FN2. The molecule has 0 fully saturated rings. The van der Waals surface area contributed by atoms with E-state index in [2.05, 4.69) is 12.0 Å². The topological polar surface area (TPSA) is 17.8 Å². The van der Waals surface area contributed by atoms with E-state index in [1.807, 2.05) is 18.3 Å². The van der Waals surface area contributed by atoms with Crippen LogP contribution in [0.1, 0.15) is 19.0 Å². The molecule has 0 N–H and O–H groups in total. The largest absolute Gasteiger partial charge is 0.241 e. The Hall–Kier alpha value is -1.64. The number of nitrogens with zero attached hydrogens (tertiary/aromatic N) is 2. The summed E-state index contributed by atoms with van der Waals surface area (Å²) in [5, 5.41) is 4.36. The minimum Gasteiger partial charge on any atom is -0.241 e. The van der Waals surface area contributed by atoms with E-state index in [0.29, 0.717) is 0 Å². The third-order valence-electron chi connectivity index (χ3n) is 2.22. The van der Waals surface area contributed by atoms with Gasteiger partial charge in [0.25, 0.3) is 0 Å². The fourth-order valence-corrected chi connectivity index (χ4v) is 1.51. The van der Waals surface area contributed by atoms with Crippen LogP contribution in [0.5, 0.6) is 0 Å². The molecule has 0 radical (unpaired) electrons. The van der Waals surface area contributed by atoms with E-state index in [1.165, 1.54) is 12.1 Å². The van der Waals surface area contributed by atoms with Gasteiger partial charge in [0.2, 0.25) is 0 Å². The van der Waals surface area contributed by atoms with Crippen LogP contribution in [0, 0.1) is 5.82 Å². The highest BCUT2D eigenvalue weighted by Crippen LogP contribution is 2.10. The third kappa shape index (κ3) is 2.24. The van der Waals surface area contributed by atoms with Gasteiger partial charge in [-0.3, -0.25) is 0 Å². The molecule has 1 aromatic carbocycles. The number of halogens is 1. The second-order valence-corrected chi connectivity index (χ2v) is 3.48. The van der Waals surface area contributed by atoms with Crippen LogP contribution in [-0.2, 0) is 6.42 Å². The molecule has 0 aliphatic carbocycles. The Labute approximate surface area is 88.4 Å². The highest BCUT2D eigenvalue weighted by Gasteiger charge is 2.01. The fraction of sp³-hybridized carbons (Fsp3) is 0.250. The second kappa shape index (κ2) is 4.26. The van der Waals surface area contributed by atoms with Gasteiger partial charge in [0.05, 0.1) is 11.4 Å². The predicted molar refractivity (Wildman–Crippen MR) is 57.5 cm³/mol. The molecule has 3 heteroatoms. The molecule has 0 atom stereocenters. The molecule has 15 heavy (non-hydrogen) atoms. The lowest BCUT2D eigenvalue weighted by atomic mass is 10.3. The van der Waals surface area contributed by atoms with Crippen molar-refractivity contribution in [2.24, 2.45) is 0 Å². The van der Waals surface area contributed by atoms with Crippen molar-refractivity contribution in [1.29, 1.82) is 0 Å². The molecule has 1 aromatic heterocycles. The van der Waals surface area contributed by atoms with Gasteiger partial charge in [0.15, 0.2) is 0 Å². The molecule has 0 saturated carbocycles. The summed E-state index contributed by atoms with van der Waals surface area (Å²) in [6, 6.07) is 8.40. The average molecular weight is 204 g/mol. The lowest BCUT2D eigenvalue weighted by molar-refractivity contribution is 0.625. The molecule has 2 nitrogen and oxygen atoms in total. The van der Waals surface area contributed by atoms with Gasteiger partial charge in [0, 0.05) is 6.20 Å². The first-order chi connectivity index (χ1) is 7.29. The number of hydrogen-bond donors (Lipinski definition) is 0.